The SMILES string of the molecule is CC1CCN(Cc2ccco2)C(CCN)C(=O)N1C. The summed E-state index contributed by atoms with van der Waals surface area (Å²) in [6.07, 6.45) is 3.34. The van der Waals surface area contributed by atoms with Gasteiger partial charge in [-0.1, -0.05) is 0 Å². The minimum absolute atomic E-state index is 0.134. The van der Waals surface area contributed by atoms with Crippen LogP contribution in [-0.2, 0) is 11.3 Å². The van der Waals surface area contributed by atoms with Crippen LogP contribution in [0.4, 0.5) is 0 Å². The number of nitrogens with zero attached hydrogens (tertiary/aromatic N) is 2. The molecule has 0 aromatic carbocycles. The van der Waals surface area contributed by atoms with E-state index in [0.29, 0.717) is 19.5 Å². The smallest absolute Gasteiger partial charge is 0.239 e. The molecule has 5 heteroatoms. The molecule has 19 heavy (non-hydrogen) atoms. The molecule has 1 aromatic heterocycles. The van der Waals surface area contributed by atoms with Gasteiger partial charge in [-0.2, -0.15) is 0 Å². The average Bonchev–Trinajstić information content (AvgIpc) is 2.88. The van der Waals surface area contributed by atoms with Crippen LogP contribution in [0.5, 0.6) is 0 Å². The third kappa shape index (κ3) is 3.16. The van der Waals surface area contributed by atoms with E-state index in [1.807, 2.05) is 24.1 Å². The molecule has 1 fully saturated rings. The Kier molecular flexibility index (Phi) is 4.61. The first kappa shape index (κ1) is 14.1. The number of hydrogen-bond acceptors (Lipinski definition) is 4. The highest BCUT2D eigenvalue weighted by Crippen LogP contribution is 2.20. The number of carbonyl (C=O) groups is 1. The largest absolute Gasteiger partial charge is 0.468 e. The van der Waals surface area contributed by atoms with E-state index >= 15 is 0 Å². The van der Waals surface area contributed by atoms with Crippen molar-refractivity contribution in [2.45, 2.75) is 38.4 Å². The molecule has 0 spiro atoms. The molecule has 5 nitrogen and oxygen atoms in total. The summed E-state index contributed by atoms with van der Waals surface area (Å²) < 4.78 is 5.39. The summed E-state index contributed by atoms with van der Waals surface area (Å²) in [6.45, 7) is 4.17. The molecular formula is C14H23N3O2. The lowest BCUT2D eigenvalue weighted by Crippen LogP contribution is -2.46. The summed E-state index contributed by atoms with van der Waals surface area (Å²) in [5.41, 5.74) is 5.67. The molecule has 1 aliphatic heterocycles. The van der Waals surface area contributed by atoms with Gasteiger partial charge in [0.1, 0.15) is 5.76 Å². The van der Waals surface area contributed by atoms with E-state index in [-0.39, 0.29) is 18.0 Å². The monoisotopic (exact) mass is 265 g/mol. The van der Waals surface area contributed by atoms with Crippen molar-refractivity contribution in [3.8, 4) is 0 Å². The van der Waals surface area contributed by atoms with Gasteiger partial charge in [0.25, 0.3) is 0 Å². The van der Waals surface area contributed by atoms with Crippen molar-refractivity contribution < 1.29 is 9.21 Å². The van der Waals surface area contributed by atoms with Gasteiger partial charge in [-0.3, -0.25) is 9.69 Å². The van der Waals surface area contributed by atoms with Crippen LogP contribution < -0.4 is 5.73 Å². The summed E-state index contributed by atoms with van der Waals surface area (Å²) >= 11 is 0. The van der Waals surface area contributed by atoms with Crippen LogP contribution in [0, 0.1) is 0 Å². The van der Waals surface area contributed by atoms with E-state index in [2.05, 4.69) is 11.8 Å². The van der Waals surface area contributed by atoms with Crippen LogP contribution in [0.2, 0.25) is 0 Å². The average molecular weight is 265 g/mol. The maximum Gasteiger partial charge on any atom is 0.239 e. The maximum atomic E-state index is 12.5. The summed E-state index contributed by atoms with van der Waals surface area (Å²) in [4.78, 5) is 16.5. The van der Waals surface area contributed by atoms with Gasteiger partial charge in [0.2, 0.25) is 5.91 Å². The Bertz CT molecular complexity index is 405. The van der Waals surface area contributed by atoms with Gasteiger partial charge >= 0.3 is 0 Å². The molecule has 0 radical (unpaired) electrons. The van der Waals surface area contributed by atoms with Gasteiger partial charge < -0.3 is 15.1 Å². The minimum Gasteiger partial charge on any atom is -0.468 e. The van der Waals surface area contributed by atoms with Crippen molar-refractivity contribution in [1.29, 1.82) is 0 Å². The number of furan rings is 1. The van der Waals surface area contributed by atoms with Crippen LogP contribution >= 0.6 is 0 Å². The Hall–Kier alpha value is -1.33. The highest BCUT2D eigenvalue weighted by Gasteiger charge is 2.33. The third-order valence-corrected chi connectivity index (χ3v) is 3.95. The fourth-order valence-electron chi connectivity index (χ4n) is 2.57. The van der Waals surface area contributed by atoms with Crippen molar-refractivity contribution in [2.75, 3.05) is 20.1 Å². The first-order valence-corrected chi connectivity index (χ1v) is 6.86. The zero-order valence-electron chi connectivity index (χ0n) is 11.7. The maximum absolute atomic E-state index is 12.5. The van der Waals surface area contributed by atoms with Gasteiger partial charge in [0.15, 0.2) is 0 Å². The highest BCUT2D eigenvalue weighted by atomic mass is 16.3. The van der Waals surface area contributed by atoms with Crippen molar-refractivity contribution in [3.05, 3.63) is 24.2 Å². The predicted octanol–water partition coefficient (Wildman–Crippen LogP) is 1.05. The number of rotatable bonds is 4. The Morgan fingerprint density at radius 2 is 2.32 bits per heavy atom. The molecule has 2 heterocycles. The number of hydrogen-bond donors (Lipinski definition) is 1. The lowest BCUT2D eigenvalue weighted by Gasteiger charge is -2.29. The first-order valence-electron chi connectivity index (χ1n) is 6.86. The highest BCUT2D eigenvalue weighted by molar-refractivity contribution is 5.82. The van der Waals surface area contributed by atoms with Crippen LogP contribution in [0.3, 0.4) is 0 Å². The molecule has 0 aliphatic carbocycles. The minimum atomic E-state index is -0.134. The van der Waals surface area contributed by atoms with Gasteiger partial charge in [0.05, 0.1) is 18.8 Å². The second-order valence-corrected chi connectivity index (χ2v) is 5.23. The molecule has 1 amide bonds. The standard InChI is InChI=1S/C14H23N3O2/c1-11-6-8-17(10-12-4-3-9-19-12)13(5-7-15)14(18)16(11)2/h3-4,9,11,13H,5-8,10,15H2,1-2H3. The molecule has 0 saturated carbocycles. The van der Waals surface area contributed by atoms with Crippen LogP contribution in [0.1, 0.15) is 25.5 Å². The molecule has 106 valence electrons. The van der Waals surface area contributed by atoms with E-state index in [1.165, 1.54) is 0 Å². The Morgan fingerprint density at radius 3 is 2.95 bits per heavy atom. The number of amides is 1. The van der Waals surface area contributed by atoms with Gasteiger partial charge in [-0.25, -0.2) is 0 Å². The molecule has 1 aromatic rings. The Labute approximate surface area is 114 Å². The predicted molar refractivity (Wildman–Crippen MR) is 73.4 cm³/mol. The van der Waals surface area contributed by atoms with E-state index in [9.17, 15) is 4.79 Å². The van der Waals surface area contributed by atoms with Crippen molar-refractivity contribution >= 4 is 5.91 Å². The van der Waals surface area contributed by atoms with Gasteiger partial charge in [-0.15, -0.1) is 0 Å². The number of likely N-dealkylation sites (N-methyl/N-ethyl adjacent to an activating group) is 1. The number of nitrogens with two attached hydrogens (primary N) is 1. The second-order valence-electron chi connectivity index (χ2n) is 5.23. The summed E-state index contributed by atoms with van der Waals surface area (Å²) in [6, 6.07) is 3.96. The van der Waals surface area contributed by atoms with Crippen molar-refractivity contribution in [2.24, 2.45) is 5.73 Å². The summed E-state index contributed by atoms with van der Waals surface area (Å²) in [5.74, 6) is 1.06. The van der Waals surface area contributed by atoms with Crippen LogP contribution in [0.25, 0.3) is 0 Å². The first-order chi connectivity index (χ1) is 9.13. The molecule has 1 saturated heterocycles. The van der Waals surface area contributed by atoms with Crippen molar-refractivity contribution in [3.63, 3.8) is 0 Å². The molecule has 0 bridgehead atoms. The quantitative estimate of drug-likeness (QED) is 0.884. The Balaban J connectivity index is 2.15. The second kappa shape index (κ2) is 6.21. The molecule has 1 aliphatic rings. The van der Waals surface area contributed by atoms with E-state index in [0.717, 1.165) is 18.7 Å². The molecule has 2 N–H and O–H groups in total. The van der Waals surface area contributed by atoms with Crippen molar-refractivity contribution in [1.82, 2.24) is 9.80 Å². The van der Waals surface area contributed by atoms with Crippen LogP contribution in [0.15, 0.2) is 22.8 Å². The van der Waals surface area contributed by atoms with E-state index in [4.69, 9.17) is 10.2 Å². The topological polar surface area (TPSA) is 62.7 Å². The molecule has 2 unspecified atom stereocenters. The van der Waals surface area contributed by atoms with Gasteiger partial charge in [0, 0.05) is 19.6 Å². The fraction of sp³-hybridized carbons (Fsp3) is 0.643. The molecular weight excluding hydrogens is 242 g/mol. The third-order valence-electron chi connectivity index (χ3n) is 3.95. The lowest BCUT2D eigenvalue weighted by molar-refractivity contribution is -0.136. The summed E-state index contributed by atoms with van der Waals surface area (Å²) in [7, 11) is 1.88. The molecule has 2 rings (SSSR count). The van der Waals surface area contributed by atoms with Crippen LogP contribution in [-0.4, -0.2) is 47.9 Å². The summed E-state index contributed by atoms with van der Waals surface area (Å²) in [5, 5.41) is 0. The Morgan fingerprint density at radius 1 is 1.53 bits per heavy atom. The lowest BCUT2D eigenvalue weighted by atomic mass is 10.1. The van der Waals surface area contributed by atoms with Gasteiger partial charge in [-0.05, 0) is 38.4 Å². The fourth-order valence-corrected chi connectivity index (χ4v) is 2.57. The normalized spacial score (nSPS) is 25.6. The van der Waals surface area contributed by atoms with E-state index in [1.54, 1.807) is 6.26 Å². The van der Waals surface area contributed by atoms with E-state index < -0.39 is 0 Å². The molecule has 2 atom stereocenters. The zero-order chi connectivity index (χ0) is 13.8. The number of carbonyl (C=O) groups excluding carboxylic acids is 1. The zero-order valence-corrected chi connectivity index (χ0v) is 11.7.